The minimum atomic E-state index is -1.41. The van der Waals surface area contributed by atoms with Gasteiger partial charge >= 0.3 is 23.5 Å². The number of aliphatic carboxylic acids is 2. The predicted molar refractivity (Wildman–Crippen MR) is 169 cm³/mol. The number of fused-ring (bicyclic) bond motifs is 2. The molecule has 0 bridgehead atoms. The first-order valence-corrected chi connectivity index (χ1v) is 16.0. The van der Waals surface area contributed by atoms with Gasteiger partial charge in [0, 0.05) is 31.5 Å². The number of pyridine rings is 1. The Kier molecular flexibility index (Phi) is 9.66. The molecule has 1 saturated heterocycles. The van der Waals surface area contributed by atoms with E-state index in [1.54, 1.807) is 6.20 Å². The largest absolute Gasteiger partial charge is 0.478 e. The van der Waals surface area contributed by atoms with Crippen LogP contribution in [-0.4, -0.2) is 103 Å². The molecule has 46 heavy (non-hydrogen) atoms. The topological polar surface area (TPSA) is 230 Å². The maximum absolute atomic E-state index is 13.4. The van der Waals surface area contributed by atoms with E-state index in [1.807, 2.05) is 35.4 Å². The normalized spacial score (nSPS) is 18.7. The number of hydrogen-bond acceptors (Lipinski definition) is 13. The molecule has 2 aliphatic heterocycles. The number of amides is 2. The Morgan fingerprint density at radius 3 is 2.72 bits per heavy atom. The molecule has 17 nitrogen and oxygen atoms in total. The number of likely N-dealkylation sites (N-methyl/N-ethyl adjacent to an activating group) is 1. The van der Waals surface area contributed by atoms with E-state index < -0.39 is 47.0 Å². The molecule has 244 valence electrons. The Balaban J connectivity index is 1.38. The third-order valence-corrected chi connectivity index (χ3v) is 9.58. The molecule has 3 atom stereocenters. The number of hydrogen-bond donors (Lipinski definition) is 6. The molecule has 5 heterocycles. The first kappa shape index (κ1) is 32.9. The number of nitrogens with two attached hydrogens (primary N) is 1. The van der Waals surface area contributed by atoms with Crippen molar-refractivity contribution >= 4 is 86.4 Å². The molecule has 5 rings (SSSR count). The van der Waals surface area contributed by atoms with Crippen LogP contribution in [0.1, 0.15) is 12.6 Å². The van der Waals surface area contributed by atoms with Crippen LogP contribution in [0, 0.1) is 0 Å². The van der Waals surface area contributed by atoms with E-state index in [9.17, 15) is 24.3 Å². The first-order valence-electron chi connectivity index (χ1n) is 13.8. The number of thioether (sulfide) groups is 1. The van der Waals surface area contributed by atoms with Crippen molar-refractivity contribution in [3.63, 3.8) is 0 Å². The van der Waals surface area contributed by atoms with E-state index >= 15 is 0 Å². The number of oxime groups is 1. The molecule has 3 aromatic heterocycles. The molecule has 0 aliphatic carbocycles. The van der Waals surface area contributed by atoms with Crippen molar-refractivity contribution in [2.75, 3.05) is 36.9 Å². The highest BCUT2D eigenvalue weighted by atomic mass is 35.5. The molecule has 2 unspecified atom stereocenters. The molecule has 3 aromatic rings. The van der Waals surface area contributed by atoms with Gasteiger partial charge in [-0.2, -0.15) is 0 Å². The van der Waals surface area contributed by atoms with E-state index in [4.69, 9.17) is 32.3 Å². The highest BCUT2D eigenvalue weighted by Crippen LogP contribution is 2.40. The van der Waals surface area contributed by atoms with Crippen LogP contribution in [0.4, 0.5) is 11.1 Å². The number of thiazole rings is 1. The van der Waals surface area contributed by atoms with Crippen LogP contribution in [0.3, 0.4) is 0 Å². The Morgan fingerprint density at radius 2 is 2.07 bits per heavy atom. The summed E-state index contributed by atoms with van der Waals surface area (Å²) in [7, 11) is 3.73. The zero-order valence-corrected chi connectivity index (χ0v) is 27.1. The van der Waals surface area contributed by atoms with Gasteiger partial charge in [-0.15, -0.1) is 11.8 Å². The third kappa shape index (κ3) is 6.30. The smallest absolute Gasteiger partial charge is 0.352 e. The van der Waals surface area contributed by atoms with Gasteiger partial charge in [-0.25, -0.2) is 19.1 Å². The summed E-state index contributed by atoms with van der Waals surface area (Å²) in [5, 5.41) is 31.2. The van der Waals surface area contributed by atoms with E-state index in [1.165, 1.54) is 18.7 Å². The van der Waals surface area contributed by atoms with Gasteiger partial charge in [-0.05, 0) is 31.1 Å². The summed E-state index contributed by atoms with van der Waals surface area (Å²) in [4.78, 5) is 65.2. The summed E-state index contributed by atoms with van der Waals surface area (Å²) in [6.45, 7) is 2.75. The van der Waals surface area contributed by atoms with Gasteiger partial charge in [0.15, 0.2) is 10.8 Å². The number of carboxylic acids is 2. The molecule has 0 radical (unpaired) electrons. The van der Waals surface area contributed by atoms with E-state index in [0.717, 1.165) is 28.3 Å². The fraction of sp³-hybridized carbons (Fsp3) is 0.385. The Morgan fingerprint density at radius 1 is 1.30 bits per heavy atom. The van der Waals surface area contributed by atoms with Crippen molar-refractivity contribution in [2.45, 2.75) is 31.0 Å². The summed E-state index contributed by atoms with van der Waals surface area (Å²) in [5.41, 5.74) is 6.84. The van der Waals surface area contributed by atoms with Gasteiger partial charge in [-0.1, -0.05) is 28.1 Å². The maximum Gasteiger partial charge on any atom is 0.352 e. The number of carbonyl (C=O) groups is 4. The number of β-lactam (4-membered cyclic amide) rings is 1. The number of nitrogens with zero attached hydrogens (tertiary/aromatic N) is 6. The SMILES string of the molecule is CNCCNc1nc2c(ccc[n+]2CC2=C(C(=O)O)N3C(=O)C(NC(=O)C(=NO[C@@H](C)C(=O)O)c4nc(N)sc4Cl)C3SC2)n1C. The number of nitrogens with one attached hydrogen (secondary N) is 3. The number of carbonyl (C=O) groups excluding carboxylic acids is 2. The van der Waals surface area contributed by atoms with Gasteiger partial charge in [0.1, 0.15) is 39.2 Å². The lowest BCUT2D eigenvalue weighted by Crippen LogP contribution is -2.71. The number of carboxylic acid groups (broad SMARTS) is 2. The van der Waals surface area contributed by atoms with Crippen molar-refractivity contribution in [3.8, 4) is 0 Å². The lowest BCUT2D eigenvalue weighted by atomic mass is 10.0. The van der Waals surface area contributed by atoms with Crippen LogP contribution >= 0.6 is 34.7 Å². The monoisotopic (exact) mass is 693 g/mol. The summed E-state index contributed by atoms with van der Waals surface area (Å²) >= 11 is 8.32. The second-order valence-corrected chi connectivity index (χ2v) is 12.9. The minimum Gasteiger partial charge on any atom is -0.478 e. The maximum atomic E-state index is 13.4. The van der Waals surface area contributed by atoms with Gasteiger partial charge in [-0.3, -0.25) is 19.1 Å². The summed E-state index contributed by atoms with van der Waals surface area (Å²) in [5.74, 6) is -3.31. The van der Waals surface area contributed by atoms with E-state index in [-0.39, 0.29) is 33.2 Å². The van der Waals surface area contributed by atoms with Gasteiger partial charge in [0.05, 0.1) is 6.20 Å². The fourth-order valence-electron chi connectivity index (χ4n) is 4.84. The van der Waals surface area contributed by atoms with Crippen molar-refractivity contribution < 1.29 is 38.8 Å². The van der Waals surface area contributed by atoms with Crippen LogP contribution in [0.15, 0.2) is 34.8 Å². The lowest BCUT2D eigenvalue weighted by molar-refractivity contribution is -0.664. The molecule has 1 fully saturated rings. The molecule has 2 aliphatic rings. The molecule has 0 aromatic carbocycles. The Labute approximate surface area is 274 Å². The molecule has 0 spiro atoms. The van der Waals surface area contributed by atoms with E-state index in [0.29, 0.717) is 23.7 Å². The number of aromatic nitrogens is 4. The van der Waals surface area contributed by atoms with Crippen LogP contribution in [0.2, 0.25) is 4.34 Å². The van der Waals surface area contributed by atoms with Gasteiger partial charge in [0.2, 0.25) is 6.10 Å². The quantitative estimate of drug-likeness (QED) is 0.0449. The number of anilines is 2. The molecule has 0 saturated carbocycles. The summed E-state index contributed by atoms with van der Waals surface area (Å²) < 4.78 is 3.73. The number of halogens is 1. The fourth-order valence-corrected chi connectivity index (χ4v) is 7.10. The van der Waals surface area contributed by atoms with Gasteiger partial charge < -0.3 is 36.7 Å². The second-order valence-electron chi connectivity index (χ2n) is 10.2. The Hall–Kier alpha value is -4.46. The van der Waals surface area contributed by atoms with Crippen LogP contribution < -0.4 is 26.3 Å². The molecule has 20 heteroatoms. The van der Waals surface area contributed by atoms with Crippen LogP contribution in [0.25, 0.3) is 11.2 Å². The molecule has 7 N–H and O–H groups in total. The van der Waals surface area contributed by atoms with Gasteiger partial charge in [0.25, 0.3) is 11.8 Å². The number of imidazole rings is 1. The van der Waals surface area contributed by atoms with Crippen LogP contribution in [0.5, 0.6) is 0 Å². The standard InChI is InChI=1S/C26H29ClN10O7S2/c1-11(23(40)41)44-34-15(14-18(27)46-25(28)32-14)20(38)31-16-21(39)37-17(24(42)43)12(10-45-22(16)37)9-36-8-4-5-13-19(36)33-26(35(13)3)30-7-6-29-2/h4-5,8,11,16,22,29H,6-7,9-10H2,1-3H3,(H5,28,31,32,38,40,41,42,43)/p+1/t11-,16?,22?/m0/s1. The second kappa shape index (κ2) is 13.5. The zero-order valence-electron chi connectivity index (χ0n) is 24.7. The first-order chi connectivity index (χ1) is 21.9. The van der Waals surface area contributed by atoms with Crippen molar-refractivity contribution in [1.82, 2.24) is 30.1 Å². The van der Waals surface area contributed by atoms with Crippen molar-refractivity contribution in [3.05, 3.63) is 39.6 Å². The third-order valence-electron chi connectivity index (χ3n) is 7.16. The number of rotatable bonds is 13. The highest BCUT2D eigenvalue weighted by Gasteiger charge is 2.54. The van der Waals surface area contributed by atoms with Crippen molar-refractivity contribution in [1.29, 1.82) is 0 Å². The minimum absolute atomic E-state index is 0.00591. The van der Waals surface area contributed by atoms with Crippen LogP contribution in [-0.2, 0) is 37.6 Å². The van der Waals surface area contributed by atoms with E-state index in [2.05, 4.69) is 26.1 Å². The predicted octanol–water partition coefficient (Wildman–Crippen LogP) is -0.183. The summed E-state index contributed by atoms with van der Waals surface area (Å²) in [6, 6.07) is 2.62. The molecular formula is C26H30ClN10O7S2+. The average molecular weight is 694 g/mol. The highest BCUT2D eigenvalue weighted by molar-refractivity contribution is 8.00. The zero-order chi connectivity index (χ0) is 33.3. The molecule has 2 amide bonds. The molecular weight excluding hydrogens is 664 g/mol. The number of aryl methyl sites for hydroxylation is 1. The average Bonchev–Trinajstić information content (AvgIpc) is 3.52. The summed E-state index contributed by atoms with van der Waals surface area (Å²) in [6.07, 6.45) is 0.381. The van der Waals surface area contributed by atoms with Crippen molar-refractivity contribution in [2.24, 2.45) is 12.2 Å². The number of nitrogen functional groups attached to an aromatic ring is 1. The lowest BCUT2D eigenvalue weighted by Gasteiger charge is -2.49. The Bertz CT molecular complexity index is 1790.